The van der Waals surface area contributed by atoms with Crippen LogP contribution in [0, 0.1) is 0 Å². The SMILES string of the molecule is Clc1cccc(C(Cl)c2cnn(-c3ccccc3)c2)c1Cl. The summed E-state index contributed by atoms with van der Waals surface area (Å²) in [7, 11) is 0. The van der Waals surface area contributed by atoms with Gasteiger partial charge >= 0.3 is 0 Å². The topological polar surface area (TPSA) is 17.8 Å². The van der Waals surface area contributed by atoms with Crippen LogP contribution in [0.5, 0.6) is 0 Å². The second kappa shape index (κ2) is 6.10. The van der Waals surface area contributed by atoms with Crippen LogP contribution >= 0.6 is 34.8 Å². The Labute approximate surface area is 137 Å². The largest absolute Gasteiger partial charge is 0.241 e. The van der Waals surface area contributed by atoms with Gasteiger partial charge in [0.1, 0.15) is 0 Å². The third-order valence-corrected chi connectivity index (χ3v) is 4.49. The molecule has 0 spiro atoms. The lowest BCUT2D eigenvalue weighted by Gasteiger charge is -2.10. The van der Waals surface area contributed by atoms with Crippen LogP contribution in [-0.4, -0.2) is 9.78 Å². The fourth-order valence-electron chi connectivity index (χ4n) is 2.09. The summed E-state index contributed by atoms with van der Waals surface area (Å²) in [4.78, 5) is 0. The van der Waals surface area contributed by atoms with Crippen LogP contribution in [-0.2, 0) is 0 Å². The molecule has 0 aliphatic heterocycles. The summed E-state index contributed by atoms with van der Waals surface area (Å²) in [5.41, 5.74) is 2.62. The van der Waals surface area contributed by atoms with Crippen molar-refractivity contribution in [3.05, 3.63) is 82.1 Å². The van der Waals surface area contributed by atoms with Crippen molar-refractivity contribution in [1.82, 2.24) is 9.78 Å². The van der Waals surface area contributed by atoms with E-state index in [0.29, 0.717) is 10.0 Å². The van der Waals surface area contributed by atoms with Crippen molar-refractivity contribution >= 4 is 34.8 Å². The summed E-state index contributed by atoms with van der Waals surface area (Å²) in [6.07, 6.45) is 3.63. The van der Waals surface area contributed by atoms with Crippen LogP contribution < -0.4 is 0 Å². The van der Waals surface area contributed by atoms with E-state index in [2.05, 4.69) is 5.10 Å². The standard InChI is InChI=1S/C16H11Cl3N2/c17-14-8-4-7-13(16(14)19)15(18)11-9-20-21(10-11)12-5-2-1-3-6-12/h1-10,15H. The quantitative estimate of drug-likeness (QED) is 0.576. The first-order chi connectivity index (χ1) is 10.2. The van der Waals surface area contributed by atoms with Gasteiger partial charge in [0.2, 0.25) is 0 Å². The van der Waals surface area contributed by atoms with Gasteiger partial charge in [-0.1, -0.05) is 53.5 Å². The number of nitrogens with zero attached hydrogens (tertiary/aromatic N) is 2. The van der Waals surface area contributed by atoms with Crippen molar-refractivity contribution in [2.45, 2.75) is 5.38 Å². The molecule has 5 heteroatoms. The van der Waals surface area contributed by atoms with Crippen molar-refractivity contribution in [2.24, 2.45) is 0 Å². The summed E-state index contributed by atoms with van der Waals surface area (Å²) < 4.78 is 1.78. The fraction of sp³-hybridized carbons (Fsp3) is 0.0625. The molecule has 0 saturated carbocycles. The highest BCUT2D eigenvalue weighted by atomic mass is 35.5. The van der Waals surface area contributed by atoms with Crippen LogP contribution in [0.3, 0.4) is 0 Å². The molecule has 3 rings (SSSR count). The average Bonchev–Trinajstić information content (AvgIpc) is 3.00. The van der Waals surface area contributed by atoms with E-state index in [1.807, 2.05) is 48.7 Å². The normalized spacial score (nSPS) is 12.3. The van der Waals surface area contributed by atoms with Crippen molar-refractivity contribution in [2.75, 3.05) is 0 Å². The van der Waals surface area contributed by atoms with E-state index in [0.717, 1.165) is 16.8 Å². The van der Waals surface area contributed by atoms with Gasteiger partial charge in [-0.05, 0) is 23.8 Å². The smallest absolute Gasteiger partial charge is 0.0880 e. The molecule has 2 aromatic carbocycles. The van der Waals surface area contributed by atoms with Crippen LogP contribution in [0.1, 0.15) is 16.5 Å². The van der Waals surface area contributed by atoms with Crippen molar-refractivity contribution in [1.29, 1.82) is 0 Å². The van der Waals surface area contributed by atoms with Gasteiger partial charge in [0, 0.05) is 11.8 Å². The summed E-state index contributed by atoms with van der Waals surface area (Å²) >= 11 is 18.8. The molecule has 3 aromatic rings. The lowest BCUT2D eigenvalue weighted by molar-refractivity contribution is 0.880. The number of aromatic nitrogens is 2. The molecule has 0 saturated heterocycles. The first kappa shape index (κ1) is 14.5. The molecule has 1 unspecified atom stereocenters. The highest BCUT2D eigenvalue weighted by Gasteiger charge is 2.17. The minimum absolute atomic E-state index is 0.395. The molecule has 1 atom stereocenters. The Morgan fingerprint density at radius 3 is 2.48 bits per heavy atom. The number of benzene rings is 2. The van der Waals surface area contributed by atoms with Crippen LogP contribution in [0.2, 0.25) is 10.0 Å². The summed E-state index contributed by atoms with van der Waals surface area (Å²) in [6, 6.07) is 15.3. The summed E-state index contributed by atoms with van der Waals surface area (Å²) in [6.45, 7) is 0. The van der Waals surface area contributed by atoms with E-state index in [4.69, 9.17) is 34.8 Å². The maximum atomic E-state index is 6.51. The zero-order chi connectivity index (χ0) is 14.8. The van der Waals surface area contributed by atoms with Gasteiger partial charge in [-0.15, -0.1) is 11.6 Å². The van der Waals surface area contributed by atoms with Gasteiger partial charge in [-0.3, -0.25) is 0 Å². The van der Waals surface area contributed by atoms with Gasteiger partial charge in [0.25, 0.3) is 0 Å². The van der Waals surface area contributed by atoms with Crippen molar-refractivity contribution in [3.8, 4) is 5.69 Å². The maximum absolute atomic E-state index is 6.51. The predicted octanol–water partition coefficient (Wildman–Crippen LogP) is 5.51. The maximum Gasteiger partial charge on any atom is 0.0880 e. The zero-order valence-electron chi connectivity index (χ0n) is 10.9. The molecule has 0 amide bonds. The Morgan fingerprint density at radius 2 is 1.71 bits per heavy atom. The van der Waals surface area contributed by atoms with Gasteiger partial charge < -0.3 is 0 Å². The monoisotopic (exact) mass is 336 g/mol. The minimum Gasteiger partial charge on any atom is -0.241 e. The van der Waals surface area contributed by atoms with Gasteiger partial charge in [0.05, 0.1) is 27.3 Å². The van der Waals surface area contributed by atoms with E-state index in [9.17, 15) is 0 Å². The first-order valence-corrected chi connectivity index (χ1v) is 7.54. The second-order valence-corrected chi connectivity index (χ2v) is 5.78. The zero-order valence-corrected chi connectivity index (χ0v) is 13.1. The second-order valence-electron chi connectivity index (χ2n) is 4.56. The van der Waals surface area contributed by atoms with Crippen molar-refractivity contribution < 1.29 is 0 Å². The number of para-hydroxylation sites is 1. The highest BCUT2D eigenvalue weighted by molar-refractivity contribution is 6.43. The van der Waals surface area contributed by atoms with Crippen LogP contribution in [0.25, 0.3) is 5.69 Å². The lowest BCUT2D eigenvalue weighted by Crippen LogP contribution is -1.95. The molecule has 1 heterocycles. The van der Waals surface area contributed by atoms with E-state index in [1.54, 1.807) is 16.9 Å². The van der Waals surface area contributed by atoms with Crippen molar-refractivity contribution in [3.63, 3.8) is 0 Å². The predicted molar refractivity (Wildman–Crippen MR) is 87.7 cm³/mol. The van der Waals surface area contributed by atoms with E-state index in [1.165, 1.54) is 0 Å². The number of alkyl halides is 1. The molecule has 0 aliphatic rings. The molecule has 21 heavy (non-hydrogen) atoms. The molecule has 106 valence electrons. The molecule has 0 bridgehead atoms. The Kier molecular flexibility index (Phi) is 4.20. The Hall–Kier alpha value is -1.48. The first-order valence-electron chi connectivity index (χ1n) is 6.35. The van der Waals surface area contributed by atoms with E-state index >= 15 is 0 Å². The number of rotatable bonds is 3. The molecular weight excluding hydrogens is 327 g/mol. The van der Waals surface area contributed by atoms with E-state index in [-0.39, 0.29) is 0 Å². The number of hydrogen-bond donors (Lipinski definition) is 0. The fourth-order valence-corrected chi connectivity index (χ4v) is 2.85. The molecular formula is C16H11Cl3N2. The highest BCUT2D eigenvalue weighted by Crippen LogP contribution is 2.36. The summed E-state index contributed by atoms with van der Waals surface area (Å²) in [5, 5.41) is 4.92. The minimum atomic E-state index is -0.395. The molecule has 0 fully saturated rings. The van der Waals surface area contributed by atoms with Gasteiger partial charge in [-0.2, -0.15) is 5.10 Å². The molecule has 0 N–H and O–H groups in total. The lowest BCUT2D eigenvalue weighted by atomic mass is 10.1. The van der Waals surface area contributed by atoms with Gasteiger partial charge in [0.15, 0.2) is 0 Å². The summed E-state index contributed by atoms with van der Waals surface area (Å²) in [5.74, 6) is 0. The molecule has 0 radical (unpaired) electrons. The molecule has 0 aliphatic carbocycles. The van der Waals surface area contributed by atoms with Crippen LogP contribution in [0.4, 0.5) is 0 Å². The average molecular weight is 338 g/mol. The van der Waals surface area contributed by atoms with E-state index < -0.39 is 5.38 Å². The Bertz CT molecular complexity index is 753. The Morgan fingerprint density at radius 1 is 0.952 bits per heavy atom. The number of hydrogen-bond acceptors (Lipinski definition) is 1. The van der Waals surface area contributed by atoms with Crippen LogP contribution in [0.15, 0.2) is 60.9 Å². The molecule has 2 nitrogen and oxygen atoms in total. The number of halogens is 3. The Balaban J connectivity index is 1.95. The third kappa shape index (κ3) is 2.93. The van der Waals surface area contributed by atoms with Gasteiger partial charge in [-0.25, -0.2) is 4.68 Å². The third-order valence-electron chi connectivity index (χ3n) is 3.17. The molecule has 1 aromatic heterocycles.